The summed E-state index contributed by atoms with van der Waals surface area (Å²) in [6, 6.07) is 11.4. The maximum Gasteiger partial charge on any atom is 0.246 e. The van der Waals surface area contributed by atoms with E-state index >= 15 is 0 Å². The van der Waals surface area contributed by atoms with Crippen molar-refractivity contribution in [3.05, 3.63) is 64.2 Å². The molecule has 10 nitrogen and oxygen atoms in total. The number of anilines is 1. The van der Waals surface area contributed by atoms with Gasteiger partial charge in [-0.3, -0.25) is 19.2 Å². The van der Waals surface area contributed by atoms with Crippen molar-refractivity contribution in [1.82, 2.24) is 20.0 Å². The number of carbonyl (C=O) groups excluding carboxylic acids is 4. The maximum atomic E-state index is 13.7. The number of nitrogens with one attached hydrogen (secondary N) is 2. The van der Waals surface area contributed by atoms with Crippen LogP contribution in [-0.4, -0.2) is 89.7 Å². The van der Waals surface area contributed by atoms with Crippen LogP contribution in [0.25, 0.3) is 0 Å². The van der Waals surface area contributed by atoms with E-state index in [1.807, 2.05) is 43.1 Å². The SMILES string of the molecule is Cc1cc(NC(=O)[C@H](CCN)NC(=O)[C@@H]2Cc3ccccc3CN2C(=O)CCC(=O)N2CCN(C)[C@@H](C)C2)ccc1Cl. The van der Waals surface area contributed by atoms with E-state index in [0.717, 1.165) is 23.2 Å². The summed E-state index contributed by atoms with van der Waals surface area (Å²) in [5, 5.41) is 6.26. The first-order valence-electron chi connectivity index (χ1n) is 14.5. The van der Waals surface area contributed by atoms with Gasteiger partial charge in [0.1, 0.15) is 12.1 Å². The summed E-state index contributed by atoms with van der Waals surface area (Å²) in [6.07, 6.45) is 0.624. The second kappa shape index (κ2) is 14.1. The number of amides is 4. The highest BCUT2D eigenvalue weighted by molar-refractivity contribution is 6.31. The van der Waals surface area contributed by atoms with E-state index in [2.05, 4.69) is 22.5 Å². The molecule has 1 saturated heterocycles. The number of nitrogens with two attached hydrogens (primary N) is 1. The Labute approximate surface area is 252 Å². The van der Waals surface area contributed by atoms with Crippen molar-refractivity contribution in [3.63, 3.8) is 0 Å². The Morgan fingerprint density at radius 2 is 1.76 bits per heavy atom. The molecule has 4 rings (SSSR count). The van der Waals surface area contributed by atoms with Gasteiger partial charge in [-0.05, 0) is 68.8 Å². The third-order valence-corrected chi connectivity index (χ3v) is 8.67. The van der Waals surface area contributed by atoms with Gasteiger partial charge in [0.2, 0.25) is 23.6 Å². The topological polar surface area (TPSA) is 128 Å². The Bertz CT molecular complexity index is 1320. The lowest BCUT2D eigenvalue weighted by Crippen LogP contribution is -2.56. The first kappa shape index (κ1) is 31.5. The van der Waals surface area contributed by atoms with Crippen LogP contribution in [0.2, 0.25) is 5.02 Å². The van der Waals surface area contributed by atoms with E-state index in [9.17, 15) is 19.2 Å². The van der Waals surface area contributed by atoms with Crippen molar-refractivity contribution in [2.45, 2.75) is 64.2 Å². The molecule has 0 aliphatic carbocycles. The Hall–Kier alpha value is -3.47. The normalized spacial score (nSPS) is 19.5. The number of aryl methyl sites for hydroxylation is 1. The summed E-state index contributed by atoms with van der Waals surface area (Å²) in [5.74, 6) is -1.16. The zero-order chi connectivity index (χ0) is 30.4. The average Bonchev–Trinajstić information content (AvgIpc) is 2.98. The van der Waals surface area contributed by atoms with E-state index in [-0.39, 0.29) is 50.2 Å². The summed E-state index contributed by atoms with van der Waals surface area (Å²) >= 11 is 6.11. The van der Waals surface area contributed by atoms with Crippen LogP contribution in [0.5, 0.6) is 0 Å². The van der Waals surface area contributed by atoms with Gasteiger partial charge in [0.05, 0.1) is 0 Å². The predicted molar refractivity (Wildman–Crippen MR) is 163 cm³/mol. The van der Waals surface area contributed by atoms with Crippen LogP contribution in [0.15, 0.2) is 42.5 Å². The summed E-state index contributed by atoms with van der Waals surface area (Å²) < 4.78 is 0. The highest BCUT2D eigenvalue weighted by Crippen LogP contribution is 2.25. The fourth-order valence-corrected chi connectivity index (χ4v) is 5.58. The molecule has 226 valence electrons. The van der Waals surface area contributed by atoms with E-state index in [1.54, 1.807) is 18.2 Å². The van der Waals surface area contributed by atoms with Gasteiger partial charge in [-0.25, -0.2) is 0 Å². The molecule has 0 bridgehead atoms. The zero-order valence-corrected chi connectivity index (χ0v) is 25.3. The highest BCUT2D eigenvalue weighted by Gasteiger charge is 2.36. The second-order valence-electron chi connectivity index (χ2n) is 11.3. The fraction of sp³-hybridized carbons (Fsp3) is 0.484. The van der Waals surface area contributed by atoms with Gasteiger partial charge < -0.3 is 31.1 Å². The number of hydrogen-bond acceptors (Lipinski definition) is 6. The maximum absolute atomic E-state index is 13.7. The van der Waals surface area contributed by atoms with Crippen LogP contribution >= 0.6 is 11.6 Å². The van der Waals surface area contributed by atoms with Crippen molar-refractivity contribution in [2.24, 2.45) is 5.73 Å². The van der Waals surface area contributed by atoms with Gasteiger partial charge in [0.15, 0.2) is 0 Å². The van der Waals surface area contributed by atoms with E-state index in [1.165, 1.54) is 4.90 Å². The van der Waals surface area contributed by atoms with Crippen LogP contribution in [0, 0.1) is 6.92 Å². The Morgan fingerprint density at radius 3 is 2.45 bits per heavy atom. The summed E-state index contributed by atoms with van der Waals surface area (Å²) in [7, 11) is 2.04. The standard InChI is InChI=1S/C31H41ClN6O4/c1-20-16-24(8-9-25(20)32)34-30(41)26(12-13-33)35-31(42)27-17-22-6-4-5-7-23(22)19-38(27)29(40)11-10-28(39)37-15-14-36(3)21(2)18-37/h4-9,16,21,26-27H,10-15,17-19,33H2,1-3H3,(H,34,41)(H,35,42)/t21-,26-,27-/m0/s1. The van der Waals surface area contributed by atoms with Crippen molar-refractivity contribution >= 4 is 40.9 Å². The van der Waals surface area contributed by atoms with Crippen molar-refractivity contribution in [1.29, 1.82) is 0 Å². The largest absolute Gasteiger partial charge is 0.342 e. The lowest BCUT2D eigenvalue weighted by molar-refractivity contribution is -0.144. The molecule has 2 aliphatic rings. The van der Waals surface area contributed by atoms with Gasteiger partial charge in [-0.1, -0.05) is 35.9 Å². The lowest BCUT2D eigenvalue weighted by Gasteiger charge is -2.38. The molecule has 0 saturated carbocycles. The number of fused-ring (bicyclic) bond motifs is 1. The minimum Gasteiger partial charge on any atom is -0.342 e. The molecule has 0 unspecified atom stereocenters. The number of rotatable bonds is 9. The molecule has 1 fully saturated rings. The number of carbonyl (C=O) groups is 4. The van der Waals surface area contributed by atoms with E-state index in [4.69, 9.17) is 17.3 Å². The molecule has 2 aromatic carbocycles. The van der Waals surface area contributed by atoms with E-state index < -0.39 is 23.9 Å². The molecule has 0 radical (unpaired) electrons. The van der Waals surface area contributed by atoms with Crippen LogP contribution < -0.4 is 16.4 Å². The van der Waals surface area contributed by atoms with Crippen LogP contribution in [0.1, 0.15) is 42.9 Å². The van der Waals surface area contributed by atoms with Crippen molar-refractivity contribution < 1.29 is 19.2 Å². The number of piperazine rings is 1. The molecule has 0 spiro atoms. The molecule has 2 aliphatic heterocycles. The molecule has 4 amide bonds. The van der Waals surface area contributed by atoms with Gasteiger partial charge >= 0.3 is 0 Å². The number of benzene rings is 2. The monoisotopic (exact) mass is 596 g/mol. The first-order chi connectivity index (χ1) is 20.1. The van der Waals surface area contributed by atoms with E-state index in [0.29, 0.717) is 30.2 Å². The molecule has 42 heavy (non-hydrogen) atoms. The van der Waals surface area contributed by atoms with Crippen molar-refractivity contribution in [2.75, 3.05) is 38.5 Å². The minimum absolute atomic E-state index is 0.00807. The molecule has 2 aromatic rings. The summed E-state index contributed by atoms with van der Waals surface area (Å²) in [4.78, 5) is 58.9. The molecule has 2 heterocycles. The number of likely N-dealkylation sites (N-methyl/N-ethyl adjacent to an activating group) is 1. The molecule has 0 aromatic heterocycles. The fourth-order valence-electron chi connectivity index (χ4n) is 5.47. The average molecular weight is 597 g/mol. The van der Waals surface area contributed by atoms with Crippen LogP contribution in [-0.2, 0) is 32.1 Å². The molecular weight excluding hydrogens is 556 g/mol. The number of nitrogens with zero attached hydrogens (tertiary/aromatic N) is 3. The predicted octanol–water partition coefficient (Wildman–Crippen LogP) is 2.32. The number of halogens is 1. The van der Waals surface area contributed by atoms with Crippen LogP contribution in [0.3, 0.4) is 0 Å². The minimum atomic E-state index is -0.895. The number of hydrogen-bond donors (Lipinski definition) is 3. The van der Waals surface area contributed by atoms with Gasteiger partial charge in [-0.15, -0.1) is 0 Å². The second-order valence-corrected chi connectivity index (χ2v) is 11.7. The first-order valence-corrected chi connectivity index (χ1v) is 14.9. The van der Waals surface area contributed by atoms with Gasteiger partial charge in [-0.2, -0.15) is 0 Å². The zero-order valence-electron chi connectivity index (χ0n) is 24.6. The molecular formula is C31H41ClN6O4. The Balaban J connectivity index is 1.45. The third kappa shape index (κ3) is 7.67. The van der Waals surface area contributed by atoms with Crippen molar-refractivity contribution in [3.8, 4) is 0 Å². The quantitative estimate of drug-likeness (QED) is 0.408. The molecule has 4 N–H and O–H groups in total. The van der Waals surface area contributed by atoms with Gasteiger partial charge in [0.25, 0.3) is 0 Å². The Kier molecular flexibility index (Phi) is 10.6. The summed E-state index contributed by atoms with van der Waals surface area (Å²) in [6.45, 7) is 6.41. The smallest absolute Gasteiger partial charge is 0.246 e. The Morgan fingerprint density at radius 1 is 1.05 bits per heavy atom. The highest BCUT2D eigenvalue weighted by atomic mass is 35.5. The molecule has 3 atom stereocenters. The summed E-state index contributed by atoms with van der Waals surface area (Å²) in [5.41, 5.74) is 9.09. The third-order valence-electron chi connectivity index (χ3n) is 8.25. The molecule has 11 heteroatoms. The van der Waals surface area contributed by atoms with Gasteiger partial charge in [0, 0.05) is 62.2 Å². The lowest BCUT2D eigenvalue weighted by atomic mass is 9.92. The van der Waals surface area contributed by atoms with Crippen LogP contribution in [0.4, 0.5) is 5.69 Å².